The lowest BCUT2D eigenvalue weighted by Crippen LogP contribution is -2.59. The minimum absolute atomic E-state index is 0.185. The molecule has 0 bridgehead atoms. The van der Waals surface area contributed by atoms with E-state index in [1.165, 1.54) is 6.92 Å². The number of carbonyl (C=O) groups is 1. The molecule has 1 heterocycles. The fourth-order valence-electron chi connectivity index (χ4n) is 2.23. The van der Waals surface area contributed by atoms with Gasteiger partial charge in [0.2, 0.25) is 0 Å². The number of esters is 1. The molecule has 3 N–H and O–H groups in total. The minimum atomic E-state index is -1.56. The van der Waals surface area contributed by atoms with Gasteiger partial charge in [0.1, 0.15) is 31.0 Å². The molecule has 0 radical (unpaired) electrons. The van der Waals surface area contributed by atoms with Crippen LogP contribution < -0.4 is 0 Å². The second-order valence-electron chi connectivity index (χ2n) is 5.11. The van der Waals surface area contributed by atoms with E-state index in [-0.39, 0.29) is 13.2 Å². The van der Waals surface area contributed by atoms with Crippen LogP contribution >= 0.6 is 0 Å². The Kier molecular flexibility index (Phi) is 5.87. The lowest BCUT2D eigenvalue weighted by atomic mass is 9.99. The van der Waals surface area contributed by atoms with Crippen LogP contribution in [0.1, 0.15) is 12.5 Å². The van der Waals surface area contributed by atoms with Gasteiger partial charge in [-0.2, -0.15) is 0 Å². The van der Waals surface area contributed by atoms with E-state index in [9.17, 15) is 20.1 Å². The molecule has 0 aromatic heterocycles. The predicted molar refractivity (Wildman–Crippen MR) is 74.5 cm³/mol. The molecule has 5 atom stereocenters. The summed E-state index contributed by atoms with van der Waals surface area (Å²) in [6.45, 7) is 1.24. The molecule has 7 nitrogen and oxygen atoms in total. The van der Waals surface area contributed by atoms with Crippen LogP contribution in [-0.4, -0.2) is 58.6 Å². The monoisotopic (exact) mass is 312 g/mol. The van der Waals surface area contributed by atoms with Crippen LogP contribution in [0.2, 0.25) is 0 Å². The second-order valence-corrected chi connectivity index (χ2v) is 5.11. The van der Waals surface area contributed by atoms with Gasteiger partial charge in [0.05, 0.1) is 6.61 Å². The number of rotatable bonds is 5. The lowest BCUT2D eigenvalue weighted by Gasteiger charge is -2.40. The van der Waals surface area contributed by atoms with Crippen molar-refractivity contribution in [3.63, 3.8) is 0 Å². The van der Waals surface area contributed by atoms with E-state index in [1.54, 1.807) is 0 Å². The highest BCUT2D eigenvalue weighted by molar-refractivity contribution is 5.65. The summed E-state index contributed by atoms with van der Waals surface area (Å²) in [6, 6.07) is 9.26. The number of aliphatic hydroxyl groups is 3. The van der Waals surface area contributed by atoms with Crippen molar-refractivity contribution in [3.05, 3.63) is 35.9 Å². The van der Waals surface area contributed by atoms with Crippen molar-refractivity contribution in [2.24, 2.45) is 0 Å². The van der Waals surface area contributed by atoms with Crippen LogP contribution in [0, 0.1) is 0 Å². The molecule has 2 rings (SSSR count). The van der Waals surface area contributed by atoms with Gasteiger partial charge in [-0.3, -0.25) is 4.79 Å². The first-order valence-electron chi connectivity index (χ1n) is 6.97. The zero-order valence-corrected chi connectivity index (χ0v) is 12.2. The molecule has 1 aromatic carbocycles. The summed E-state index contributed by atoms with van der Waals surface area (Å²) < 4.78 is 15.6. The highest BCUT2D eigenvalue weighted by Gasteiger charge is 2.45. The summed E-state index contributed by atoms with van der Waals surface area (Å²) in [7, 11) is 0. The average molecular weight is 312 g/mol. The summed E-state index contributed by atoms with van der Waals surface area (Å²) in [6.07, 6.45) is -6.21. The number of carbonyl (C=O) groups excluding carboxylic acids is 1. The molecule has 0 unspecified atom stereocenters. The van der Waals surface area contributed by atoms with Crippen molar-refractivity contribution in [1.29, 1.82) is 0 Å². The highest BCUT2D eigenvalue weighted by Crippen LogP contribution is 2.24. The van der Waals surface area contributed by atoms with E-state index in [1.807, 2.05) is 30.3 Å². The molecular formula is C15H20O7. The van der Waals surface area contributed by atoms with Crippen molar-refractivity contribution >= 4 is 5.97 Å². The standard InChI is InChI=1S/C15H20O7/c1-9(16)20-8-11-14(12(17)13(18)15(19)22-11)21-7-10-5-3-2-4-6-10/h2-6,11-15,17-19H,7-8H2,1H3/t11-,12-,13+,14-,15+/m0/s1. The first kappa shape index (κ1) is 16.9. The largest absolute Gasteiger partial charge is 0.463 e. The molecule has 0 saturated carbocycles. The summed E-state index contributed by atoms with van der Waals surface area (Å²) in [5, 5.41) is 29.3. The Hall–Kier alpha value is -1.51. The lowest BCUT2D eigenvalue weighted by molar-refractivity contribution is -0.296. The van der Waals surface area contributed by atoms with Crippen molar-refractivity contribution in [3.8, 4) is 0 Å². The molecule has 7 heteroatoms. The molecule has 122 valence electrons. The van der Waals surface area contributed by atoms with Gasteiger partial charge in [0.15, 0.2) is 6.29 Å². The molecule has 0 spiro atoms. The Morgan fingerprint density at radius 3 is 2.50 bits per heavy atom. The molecule has 1 saturated heterocycles. The molecule has 1 fully saturated rings. The van der Waals surface area contributed by atoms with Gasteiger partial charge < -0.3 is 29.5 Å². The van der Waals surface area contributed by atoms with Gasteiger partial charge in [-0.25, -0.2) is 0 Å². The fourth-order valence-corrected chi connectivity index (χ4v) is 2.23. The molecule has 1 aliphatic heterocycles. The van der Waals surface area contributed by atoms with Crippen LogP contribution in [0.3, 0.4) is 0 Å². The number of aliphatic hydroxyl groups excluding tert-OH is 3. The maximum absolute atomic E-state index is 10.9. The van der Waals surface area contributed by atoms with E-state index in [4.69, 9.17) is 14.2 Å². The van der Waals surface area contributed by atoms with Crippen LogP contribution in [0.25, 0.3) is 0 Å². The van der Waals surface area contributed by atoms with Gasteiger partial charge in [0, 0.05) is 6.92 Å². The van der Waals surface area contributed by atoms with E-state index < -0.39 is 36.7 Å². The van der Waals surface area contributed by atoms with E-state index in [0.717, 1.165) is 5.56 Å². The smallest absolute Gasteiger partial charge is 0.302 e. The van der Waals surface area contributed by atoms with E-state index in [0.29, 0.717) is 0 Å². The van der Waals surface area contributed by atoms with Gasteiger partial charge in [-0.05, 0) is 5.56 Å². The van der Waals surface area contributed by atoms with Crippen LogP contribution in [0.5, 0.6) is 0 Å². The predicted octanol–water partition coefficient (Wildman–Crippen LogP) is -0.426. The molecule has 0 aliphatic carbocycles. The maximum atomic E-state index is 10.9. The SMILES string of the molecule is CC(=O)OC[C@@H]1O[C@@H](O)[C@H](O)[C@H](O)[C@H]1OCc1ccccc1. The van der Waals surface area contributed by atoms with Gasteiger partial charge in [0.25, 0.3) is 0 Å². The second kappa shape index (κ2) is 7.66. The summed E-state index contributed by atoms with van der Waals surface area (Å²) in [5.41, 5.74) is 0.876. The number of hydrogen-bond donors (Lipinski definition) is 3. The van der Waals surface area contributed by atoms with E-state index >= 15 is 0 Å². The van der Waals surface area contributed by atoms with E-state index in [2.05, 4.69) is 0 Å². The van der Waals surface area contributed by atoms with Crippen molar-refractivity contribution in [2.75, 3.05) is 6.61 Å². The topological polar surface area (TPSA) is 105 Å². The van der Waals surface area contributed by atoms with Crippen molar-refractivity contribution in [2.45, 2.75) is 44.2 Å². The first-order valence-corrected chi connectivity index (χ1v) is 6.97. The Bertz CT molecular complexity index is 478. The van der Waals surface area contributed by atoms with Crippen molar-refractivity contribution < 1.29 is 34.3 Å². The zero-order valence-electron chi connectivity index (χ0n) is 12.2. The average Bonchev–Trinajstić information content (AvgIpc) is 2.51. The summed E-state index contributed by atoms with van der Waals surface area (Å²) in [4.78, 5) is 10.9. The Balaban J connectivity index is 2.02. The first-order chi connectivity index (χ1) is 10.5. The quantitative estimate of drug-likeness (QED) is 0.634. The Labute approximate surface area is 128 Å². The molecule has 0 amide bonds. The number of hydrogen-bond acceptors (Lipinski definition) is 7. The normalized spacial score (nSPS) is 31.7. The molecule has 1 aliphatic rings. The minimum Gasteiger partial charge on any atom is -0.463 e. The Morgan fingerprint density at radius 2 is 1.86 bits per heavy atom. The third kappa shape index (κ3) is 4.25. The van der Waals surface area contributed by atoms with Crippen LogP contribution in [-0.2, 0) is 25.6 Å². The number of ether oxygens (including phenoxy) is 3. The fraction of sp³-hybridized carbons (Fsp3) is 0.533. The van der Waals surface area contributed by atoms with Gasteiger partial charge in [-0.1, -0.05) is 30.3 Å². The zero-order chi connectivity index (χ0) is 16.1. The molecule has 22 heavy (non-hydrogen) atoms. The number of benzene rings is 1. The third-order valence-corrected chi connectivity index (χ3v) is 3.40. The van der Waals surface area contributed by atoms with Gasteiger partial charge in [-0.15, -0.1) is 0 Å². The van der Waals surface area contributed by atoms with Crippen LogP contribution in [0.15, 0.2) is 30.3 Å². The van der Waals surface area contributed by atoms with Gasteiger partial charge >= 0.3 is 5.97 Å². The third-order valence-electron chi connectivity index (χ3n) is 3.40. The van der Waals surface area contributed by atoms with Crippen molar-refractivity contribution in [1.82, 2.24) is 0 Å². The maximum Gasteiger partial charge on any atom is 0.302 e. The summed E-state index contributed by atoms with van der Waals surface area (Å²) >= 11 is 0. The molecule has 1 aromatic rings. The molecular weight excluding hydrogens is 292 g/mol. The summed E-state index contributed by atoms with van der Waals surface area (Å²) in [5.74, 6) is -0.513. The highest BCUT2D eigenvalue weighted by atomic mass is 16.7. The van der Waals surface area contributed by atoms with Crippen LogP contribution in [0.4, 0.5) is 0 Å². The Morgan fingerprint density at radius 1 is 1.18 bits per heavy atom.